The quantitative estimate of drug-likeness (QED) is 0.828. The minimum Gasteiger partial charge on any atom is -0.309 e. The van der Waals surface area contributed by atoms with Gasteiger partial charge in [-0.15, -0.1) is 0 Å². The zero-order chi connectivity index (χ0) is 14.0. The predicted molar refractivity (Wildman–Crippen MR) is 83.6 cm³/mol. The average Bonchev–Trinajstić information content (AvgIpc) is 2.31. The van der Waals surface area contributed by atoms with Gasteiger partial charge in [0, 0.05) is 12.6 Å². The van der Waals surface area contributed by atoms with E-state index in [0.717, 1.165) is 18.4 Å². The Morgan fingerprint density at radius 1 is 1.11 bits per heavy atom. The molecule has 0 saturated carbocycles. The van der Waals surface area contributed by atoms with Crippen molar-refractivity contribution in [2.24, 2.45) is 11.8 Å². The van der Waals surface area contributed by atoms with Crippen LogP contribution in [0.25, 0.3) is 0 Å². The van der Waals surface area contributed by atoms with Gasteiger partial charge >= 0.3 is 0 Å². The summed E-state index contributed by atoms with van der Waals surface area (Å²) in [5, 5.41) is 3.74. The summed E-state index contributed by atoms with van der Waals surface area (Å²) in [7, 11) is 0. The maximum atomic E-state index is 3.74. The van der Waals surface area contributed by atoms with Gasteiger partial charge in [-0.25, -0.2) is 0 Å². The molecule has 106 valence electrons. The Kier molecular flexibility index (Phi) is 4.67. The maximum absolute atomic E-state index is 3.74. The van der Waals surface area contributed by atoms with Crippen molar-refractivity contribution < 1.29 is 0 Å². The van der Waals surface area contributed by atoms with Crippen LogP contribution in [-0.4, -0.2) is 6.54 Å². The van der Waals surface area contributed by atoms with Crippen molar-refractivity contribution in [3.8, 4) is 0 Å². The van der Waals surface area contributed by atoms with Crippen LogP contribution in [0.5, 0.6) is 0 Å². The first-order chi connectivity index (χ1) is 8.97. The highest BCUT2D eigenvalue weighted by molar-refractivity contribution is 5.39. The smallest absolute Gasteiger partial charge is 0.0325 e. The monoisotopic (exact) mass is 259 g/mol. The summed E-state index contributed by atoms with van der Waals surface area (Å²) >= 11 is 0. The number of hydrogen-bond acceptors (Lipinski definition) is 1. The third-order valence-electron chi connectivity index (χ3n) is 4.08. The van der Waals surface area contributed by atoms with Crippen LogP contribution in [0.1, 0.15) is 69.7 Å². The number of benzene rings is 1. The molecule has 1 aromatic rings. The van der Waals surface area contributed by atoms with E-state index < -0.39 is 0 Å². The Morgan fingerprint density at radius 2 is 1.84 bits per heavy atom. The molecule has 0 aromatic heterocycles. The molecule has 2 unspecified atom stereocenters. The van der Waals surface area contributed by atoms with E-state index in [9.17, 15) is 0 Å². The van der Waals surface area contributed by atoms with Crippen LogP contribution in [0.4, 0.5) is 0 Å². The van der Waals surface area contributed by atoms with E-state index in [1.165, 1.54) is 18.4 Å². The second kappa shape index (κ2) is 6.09. The third-order valence-corrected chi connectivity index (χ3v) is 4.08. The van der Waals surface area contributed by atoms with Crippen molar-refractivity contribution >= 4 is 0 Å². The molecule has 0 radical (unpaired) electrons. The fourth-order valence-electron chi connectivity index (χ4n) is 3.19. The Hall–Kier alpha value is -0.820. The average molecular weight is 259 g/mol. The third kappa shape index (κ3) is 3.60. The van der Waals surface area contributed by atoms with Gasteiger partial charge in [0.05, 0.1) is 0 Å². The van der Waals surface area contributed by atoms with Gasteiger partial charge in [0.2, 0.25) is 0 Å². The SMILES string of the molecule is CC(C)Cc1ccc2c(c1)C(CC(C)C)NCC2C. The Balaban J connectivity index is 2.30. The minimum atomic E-state index is 0.554. The highest BCUT2D eigenvalue weighted by Crippen LogP contribution is 2.34. The van der Waals surface area contributed by atoms with Crippen LogP contribution in [0.15, 0.2) is 18.2 Å². The molecule has 1 aliphatic rings. The normalized spacial score (nSPS) is 22.9. The molecule has 0 spiro atoms. The van der Waals surface area contributed by atoms with Crippen molar-refractivity contribution in [1.82, 2.24) is 5.32 Å². The van der Waals surface area contributed by atoms with Crippen LogP contribution < -0.4 is 5.32 Å². The van der Waals surface area contributed by atoms with Crippen molar-refractivity contribution in [1.29, 1.82) is 0 Å². The number of fused-ring (bicyclic) bond motifs is 1. The molecule has 0 fully saturated rings. The van der Waals surface area contributed by atoms with Crippen LogP contribution in [0.3, 0.4) is 0 Å². The van der Waals surface area contributed by atoms with Crippen LogP contribution >= 0.6 is 0 Å². The van der Waals surface area contributed by atoms with E-state index in [4.69, 9.17) is 0 Å². The highest BCUT2D eigenvalue weighted by Gasteiger charge is 2.24. The van der Waals surface area contributed by atoms with Crippen LogP contribution in [0.2, 0.25) is 0 Å². The molecule has 0 amide bonds. The summed E-state index contributed by atoms with van der Waals surface area (Å²) in [6.45, 7) is 12.7. The van der Waals surface area contributed by atoms with Gasteiger partial charge in [0.15, 0.2) is 0 Å². The molecule has 1 aromatic carbocycles. The number of rotatable bonds is 4. The standard InChI is InChI=1S/C18H29N/c1-12(2)8-15-6-7-16-14(5)11-19-18(9-13(3)4)17(16)10-15/h6-7,10,12-14,18-19H,8-9,11H2,1-5H3. The van der Waals surface area contributed by atoms with Crippen molar-refractivity contribution in [2.45, 2.75) is 59.4 Å². The Morgan fingerprint density at radius 3 is 2.47 bits per heavy atom. The van der Waals surface area contributed by atoms with Crippen LogP contribution in [0, 0.1) is 11.8 Å². The summed E-state index contributed by atoms with van der Waals surface area (Å²) < 4.78 is 0. The van der Waals surface area contributed by atoms with E-state index in [2.05, 4.69) is 58.1 Å². The molecule has 1 aliphatic heterocycles. The van der Waals surface area contributed by atoms with Gasteiger partial charge in [-0.2, -0.15) is 0 Å². The summed E-state index contributed by atoms with van der Waals surface area (Å²) in [5.74, 6) is 2.12. The highest BCUT2D eigenvalue weighted by atomic mass is 14.9. The molecular weight excluding hydrogens is 230 g/mol. The van der Waals surface area contributed by atoms with Gasteiger partial charge in [0.25, 0.3) is 0 Å². The minimum absolute atomic E-state index is 0.554. The molecule has 2 atom stereocenters. The largest absolute Gasteiger partial charge is 0.309 e. The molecule has 0 aliphatic carbocycles. The van der Waals surface area contributed by atoms with Gasteiger partial charge in [-0.05, 0) is 47.3 Å². The second-order valence-corrected chi connectivity index (χ2v) is 7.05. The Labute approximate surface area is 118 Å². The lowest BCUT2D eigenvalue weighted by Gasteiger charge is -2.32. The van der Waals surface area contributed by atoms with E-state index in [1.54, 1.807) is 11.1 Å². The summed E-state index contributed by atoms with van der Waals surface area (Å²) in [4.78, 5) is 0. The van der Waals surface area contributed by atoms with Gasteiger partial charge in [0.1, 0.15) is 0 Å². The fraction of sp³-hybridized carbons (Fsp3) is 0.667. The second-order valence-electron chi connectivity index (χ2n) is 7.05. The van der Waals surface area contributed by atoms with Gasteiger partial charge < -0.3 is 5.32 Å². The first kappa shape index (κ1) is 14.6. The maximum Gasteiger partial charge on any atom is 0.0325 e. The molecule has 1 N–H and O–H groups in total. The zero-order valence-corrected chi connectivity index (χ0v) is 13.2. The molecule has 19 heavy (non-hydrogen) atoms. The lowest BCUT2D eigenvalue weighted by molar-refractivity contribution is 0.395. The molecule has 0 bridgehead atoms. The lowest BCUT2D eigenvalue weighted by atomic mass is 9.83. The summed E-state index contributed by atoms with van der Waals surface area (Å²) in [6.07, 6.45) is 2.43. The van der Waals surface area contributed by atoms with Crippen molar-refractivity contribution in [3.05, 3.63) is 34.9 Å². The van der Waals surface area contributed by atoms with E-state index >= 15 is 0 Å². The number of nitrogens with one attached hydrogen (secondary N) is 1. The van der Waals surface area contributed by atoms with E-state index in [-0.39, 0.29) is 0 Å². The summed E-state index contributed by atoms with van der Waals surface area (Å²) in [5.41, 5.74) is 4.63. The van der Waals surface area contributed by atoms with E-state index in [1.807, 2.05) is 0 Å². The Bertz CT molecular complexity index is 420. The molecule has 1 heteroatoms. The molecule has 1 heterocycles. The topological polar surface area (TPSA) is 12.0 Å². The molecule has 1 nitrogen and oxygen atoms in total. The summed E-state index contributed by atoms with van der Waals surface area (Å²) in [6, 6.07) is 7.74. The number of hydrogen-bond donors (Lipinski definition) is 1. The molecule has 2 rings (SSSR count). The van der Waals surface area contributed by atoms with Gasteiger partial charge in [-0.1, -0.05) is 52.8 Å². The predicted octanol–water partition coefficient (Wildman–Crippen LogP) is 4.68. The first-order valence-corrected chi connectivity index (χ1v) is 7.83. The molecule has 0 saturated heterocycles. The van der Waals surface area contributed by atoms with Crippen LogP contribution in [-0.2, 0) is 6.42 Å². The van der Waals surface area contributed by atoms with Crippen molar-refractivity contribution in [2.75, 3.05) is 6.54 Å². The fourth-order valence-corrected chi connectivity index (χ4v) is 3.19. The first-order valence-electron chi connectivity index (χ1n) is 7.83. The van der Waals surface area contributed by atoms with E-state index in [0.29, 0.717) is 12.0 Å². The van der Waals surface area contributed by atoms with Crippen molar-refractivity contribution in [3.63, 3.8) is 0 Å². The lowest BCUT2D eigenvalue weighted by Crippen LogP contribution is -2.33. The zero-order valence-electron chi connectivity index (χ0n) is 13.2. The molecular formula is C18H29N. The van der Waals surface area contributed by atoms with Gasteiger partial charge in [-0.3, -0.25) is 0 Å².